The molecule has 3 rings (SSSR count). The summed E-state index contributed by atoms with van der Waals surface area (Å²) < 4.78 is 11.1. The van der Waals surface area contributed by atoms with Gasteiger partial charge in [0.25, 0.3) is 5.89 Å². The molecule has 5 nitrogen and oxygen atoms in total. The zero-order valence-electron chi connectivity index (χ0n) is 11.1. The van der Waals surface area contributed by atoms with Crippen LogP contribution in [0.5, 0.6) is 0 Å². The van der Waals surface area contributed by atoms with E-state index in [1.807, 2.05) is 13.0 Å². The number of nitrogen functional groups attached to an aromatic ring is 1. The molecule has 2 N–H and O–H groups in total. The number of nitrogens with two attached hydrogens (primary N) is 1. The van der Waals surface area contributed by atoms with Crippen molar-refractivity contribution in [1.29, 1.82) is 0 Å². The van der Waals surface area contributed by atoms with E-state index in [4.69, 9.17) is 15.0 Å². The summed E-state index contributed by atoms with van der Waals surface area (Å²) in [5, 5.41) is 4.79. The van der Waals surface area contributed by atoms with Gasteiger partial charge in [-0.05, 0) is 32.3 Å². The fraction of sp³-hybridized carbons (Fsp3) is 0.538. The molecule has 1 unspecified atom stereocenters. The number of nitrogens with zero attached hydrogens (tertiary/aromatic N) is 2. The number of hydrogen-bond acceptors (Lipinski definition) is 6. The molecule has 0 spiro atoms. The predicted octanol–water partition coefficient (Wildman–Crippen LogP) is 2.97. The van der Waals surface area contributed by atoms with Crippen LogP contribution in [0.15, 0.2) is 10.6 Å². The Morgan fingerprint density at radius 3 is 3.00 bits per heavy atom. The average molecular weight is 279 g/mol. The van der Waals surface area contributed by atoms with Crippen LogP contribution in [0.3, 0.4) is 0 Å². The minimum absolute atomic E-state index is 0.417. The number of anilines is 1. The molecule has 102 valence electrons. The molecule has 1 fully saturated rings. The Bertz CT molecular complexity index is 584. The first kappa shape index (κ1) is 12.6. The average Bonchev–Trinajstić information content (AvgIpc) is 3.08. The van der Waals surface area contributed by atoms with Crippen molar-refractivity contribution in [3.8, 4) is 11.5 Å². The summed E-state index contributed by atoms with van der Waals surface area (Å²) in [6.07, 6.45) is 2.91. The summed E-state index contributed by atoms with van der Waals surface area (Å²) in [4.78, 5) is 5.68. The largest absolute Gasteiger partial charge is 0.390 e. The third-order valence-corrected chi connectivity index (χ3v) is 4.62. The lowest BCUT2D eigenvalue weighted by Crippen LogP contribution is -2.21. The van der Waals surface area contributed by atoms with Crippen LogP contribution in [0.4, 0.5) is 5.00 Å². The highest BCUT2D eigenvalue weighted by molar-refractivity contribution is 7.16. The summed E-state index contributed by atoms with van der Waals surface area (Å²) in [7, 11) is 0. The molecule has 19 heavy (non-hydrogen) atoms. The molecule has 1 atom stereocenters. The molecule has 0 aliphatic carbocycles. The van der Waals surface area contributed by atoms with Gasteiger partial charge in [-0.25, -0.2) is 0 Å². The Morgan fingerprint density at radius 2 is 2.37 bits per heavy atom. The van der Waals surface area contributed by atoms with Crippen LogP contribution in [-0.4, -0.2) is 16.7 Å². The Labute approximate surface area is 115 Å². The number of thiophene rings is 1. The predicted molar refractivity (Wildman–Crippen MR) is 73.9 cm³/mol. The van der Waals surface area contributed by atoms with Gasteiger partial charge >= 0.3 is 0 Å². The summed E-state index contributed by atoms with van der Waals surface area (Å²) in [6, 6.07) is 2.02. The van der Waals surface area contributed by atoms with Crippen LogP contribution in [0, 0.1) is 0 Å². The van der Waals surface area contributed by atoms with Gasteiger partial charge in [0.05, 0.1) is 10.6 Å². The summed E-state index contributed by atoms with van der Waals surface area (Å²) >= 11 is 1.57. The summed E-state index contributed by atoms with van der Waals surface area (Å²) in [5.41, 5.74) is 6.42. The number of aromatic nitrogens is 2. The highest BCUT2D eigenvalue weighted by Gasteiger charge is 2.37. The lowest BCUT2D eigenvalue weighted by molar-refractivity contribution is 0.00768. The van der Waals surface area contributed by atoms with Crippen molar-refractivity contribution in [2.24, 2.45) is 0 Å². The first-order valence-electron chi connectivity index (χ1n) is 6.49. The smallest absolute Gasteiger partial charge is 0.261 e. The van der Waals surface area contributed by atoms with Crippen LogP contribution >= 0.6 is 11.3 Å². The third-order valence-electron chi connectivity index (χ3n) is 3.51. The second kappa shape index (κ2) is 4.61. The van der Waals surface area contributed by atoms with Crippen LogP contribution < -0.4 is 5.73 Å². The maximum atomic E-state index is 6.00. The van der Waals surface area contributed by atoms with E-state index in [1.54, 1.807) is 11.3 Å². The molecule has 6 heteroatoms. The summed E-state index contributed by atoms with van der Waals surface area (Å²) in [6.45, 7) is 4.85. The van der Waals surface area contributed by atoms with E-state index >= 15 is 0 Å². The fourth-order valence-electron chi connectivity index (χ4n) is 2.30. The maximum Gasteiger partial charge on any atom is 0.261 e. The normalized spacial score (nSPS) is 23.1. The Balaban J connectivity index is 1.94. The van der Waals surface area contributed by atoms with Crippen molar-refractivity contribution in [1.82, 2.24) is 10.1 Å². The third kappa shape index (κ3) is 2.15. The molecule has 2 aromatic rings. The first-order valence-corrected chi connectivity index (χ1v) is 7.31. The minimum atomic E-state index is -0.417. The topological polar surface area (TPSA) is 74.2 Å². The molecule has 0 amide bonds. The molecule has 3 heterocycles. The molecule has 1 aliphatic rings. The zero-order valence-corrected chi connectivity index (χ0v) is 11.9. The van der Waals surface area contributed by atoms with Crippen LogP contribution in [0.2, 0.25) is 0 Å². The highest BCUT2D eigenvalue weighted by atomic mass is 32.1. The van der Waals surface area contributed by atoms with Gasteiger partial charge in [-0.3, -0.25) is 0 Å². The van der Waals surface area contributed by atoms with E-state index in [1.165, 1.54) is 4.88 Å². The van der Waals surface area contributed by atoms with Crippen molar-refractivity contribution in [3.05, 3.63) is 16.8 Å². The summed E-state index contributed by atoms with van der Waals surface area (Å²) in [5.74, 6) is 1.10. The Morgan fingerprint density at radius 1 is 1.53 bits per heavy atom. The second-order valence-corrected chi connectivity index (χ2v) is 6.12. The van der Waals surface area contributed by atoms with Crippen LogP contribution in [0.25, 0.3) is 11.5 Å². The Hall–Kier alpha value is -1.40. The van der Waals surface area contributed by atoms with Crippen molar-refractivity contribution in [3.63, 3.8) is 0 Å². The van der Waals surface area contributed by atoms with E-state index in [0.717, 1.165) is 36.4 Å². The van der Waals surface area contributed by atoms with Gasteiger partial charge < -0.3 is 15.0 Å². The molecule has 0 bridgehead atoms. The highest BCUT2D eigenvalue weighted by Crippen LogP contribution is 2.37. The van der Waals surface area contributed by atoms with E-state index in [0.29, 0.717) is 11.7 Å². The number of hydrogen-bond donors (Lipinski definition) is 1. The van der Waals surface area contributed by atoms with Gasteiger partial charge in [-0.1, -0.05) is 12.1 Å². The van der Waals surface area contributed by atoms with Gasteiger partial charge in [0, 0.05) is 11.5 Å². The first-order chi connectivity index (χ1) is 9.12. The molecule has 0 aromatic carbocycles. The van der Waals surface area contributed by atoms with Gasteiger partial charge in [0.15, 0.2) is 0 Å². The van der Waals surface area contributed by atoms with E-state index in [-0.39, 0.29) is 0 Å². The van der Waals surface area contributed by atoms with Crippen molar-refractivity contribution >= 4 is 16.3 Å². The SMILES string of the molecule is CCc1cc(-c2nc(C3(C)CCCO3)no2)c(N)s1. The number of aryl methyl sites for hydroxylation is 1. The number of rotatable bonds is 3. The minimum Gasteiger partial charge on any atom is -0.390 e. The van der Waals surface area contributed by atoms with Crippen LogP contribution in [0.1, 0.15) is 37.4 Å². The van der Waals surface area contributed by atoms with E-state index < -0.39 is 5.60 Å². The lowest BCUT2D eigenvalue weighted by Gasteiger charge is -2.17. The van der Waals surface area contributed by atoms with Gasteiger partial charge in [0.1, 0.15) is 5.60 Å². The zero-order chi connectivity index (χ0) is 13.5. The standard InChI is InChI=1S/C13H17N3O2S/c1-3-8-7-9(10(14)19-8)11-15-12(16-18-11)13(2)5-4-6-17-13/h7H,3-6,14H2,1-2H3. The van der Waals surface area contributed by atoms with E-state index in [9.17, 15) is 0 Å². The molecule has 0 radical (unpaired) electrons. The maximum absolute atomic E-state index is 6.00. The molecule has 0 saturated carbocycles. The quantitative estimate of drug-likeness (QED) is 0.935. The molecular formula is C13H17N3O2S. The molecule has 1 aliphatic heterocycles. The molecule has 1 saturated heterocycles. The van der Waals surface area contributed by atoms with Crippen molar-refractivity contribution in [2.45, 2.75) is 38.7 Å². The Kier molecular flexibility index (Phi) is 3.06. The van der Waals surface area contributed by atoms with Crippen molar-refractivity contribution < 1.29 is 9.26 Å². The van der Waals surface area contributed by atoms with E-state index in [2.05, 4.69) is 17.1 Å². The van der Waals surface area contributed by atoms with Gasteiger partial charge in [0.2, 0.25) is 5.82 Å². The lowest BCUT2D eigenvalue weighted by atomic mass is 10.0. The molecule has 2 aromatic heterocycles. The fourth-order valence-corrected chi connectivity index (χ4v) is 3.16. The number of ether oxygens (including phenoxy) is 1. The second-order valence-electron chi connectivity index (χ2n) is 4.95. The molecular weight excluding hydrogens is 262 g/mol. The van der Waals surface area contributed by atoms with Gasteiger partial charge in [-0.2, -0.15) is 4.98 Å². The van der Waals surface area contributed by atoms with Gasteiger partial charge in [-0.15, -0.1) is 11.3 Å². The van der Waals surface area contributed by atoms with Crippen LogP contribution in [-0.2, 0) is 16.8 Å². The monoisotopic (exact) mass is 279 g/mol. The van der Waals surface area contributed by atoms with Crippen molar-refractivity contribution in [2.75, 3.05) is 12.3 Å².